The molecule has 0 saturated carbocycles. The average molecular weight is 545 g/mol. The summed E-state index contributed by atoms with van der Waals surface area (Å²) in [6.45, 7) is 0. The molecular weight excluding hydrogens is 530 g/mol. The minimum absolute atomic E-state index is 0.245. The summed E-state index contributed by atoms with van der Waals surface area (Å²) in [7, 11) is 0. The Balaban J connectivity index is 1.65. The van der Waals surface area contributed by atoms with Crippen LogP contribution in [0.2, 0.25) is 0 Å². The van der Waals surface area contributed by atoms with E-state index in [2.05, 4.69) is 47.7 Å². The van der Waals surface area contributed by atoms with Gasteiger partial charge < -0.3 is 10.1 Å². The Kier molecular flexibility index (Phi) is 7.69. The van der Waals surface area contributed by atoms with E-state index in [0.717, 1.165) is 4.47 Å². The van der Waals surface area contributed by atoms with E-state index in [9.17, 15) is 14.4 Å². The summed E-state index contributed by atoms with van der Waals surface area (Å²) < 4.78 is 6.99. The molecule has 0 saturated heterocycles. The molecule has 31 heavy (non-hydrogen) atoms. The first-order chi connectivity index (χ1) is 14.9. The fraction of sp³-hybridized carbons (Fsp3) is 0. The number of amides is 2. The molecule has 0 atom stereocenters. The van der Waals surface area contributed by atoms with Crippen LogP contribution in [0.4, 0.5) is 5.69 Å². The molecule has 0 bridgehead atoms. The minimum atomic E-state index is -0.947. The van der Waals surface area contributed by atoms with Gasteiger partial charge in [-0.25, -0.2) is 10.2 Å². The Bertz CT molecular complexity index is 1130. The summed E-state index contributed by atoms with van der Waals surface area (Å²) in [5.41, 5.74) is 3.43. The van der Waals surface area contributed by atoms with E-state index in [1.165, 1.54) is 6.21 Å². The molecule has 0 spiro atoms. The van der Waals surface area contributed by atoms with Crippen molar-refractivity contribution in [1.82, 2.24) is 5.43 Å². The highest BCUT2D eigenvalue weighted by atomic mass is 79.9. The highest BCUT2D eigenvalue weighted by molar-refractivity contribution is 9.10. The third kappa shape index (κ3) is 6.59. The molecule has 3 aromatic rings. The third-order valence-corrected chi connectivity index (χ3v) is 4.88. The van der Waals surface area contributed by atoms with E-state index in [1.807, 2.05) is 0 Å². The molecule has 9 heteroatoms. The van der Waals surface area contributed by atoms with Crippen molar-refractivity contribution in [2.24, 2.45) is 5.10 Å². The van der Waals surface area contributed by atoms with Crippen molar-refractivity contribution in [3.05, 3.63) is 92.9 Å². The number of anilines is 1. The van der Waals surface area contributed by atoms with Crippen LogP contribution in [-0.4, -0.2) is 24.0 Å². The fourth-order valence-corrected chi connectivity index (χ4v) is 3.02. The SMILES string of the molecule is O=C(N/N=C/c1cc(Br)ccc1OC(=O)c1ccccc1)C(=O)Nc1ccc(Br)cc1. The van der Waals surface area contributed by atoms with Crippen molar-refractivity contribution < 1.29 is 19.1 Å². The van der Waals surface area contributed by atoms with Gasteiger partial charge in [-0.2, -0.15) is 5.10 Å². The first-order valence-electron chi connectivity index (χ1n) is 8.89. The lowest BCUT2D eigenvalue weighted by molar-refractivity contribution is -0.136. The first-order valence-corrected chi connectivity index (χ1v) is 10.5. The van der Waals surface area contributed by atoms with Crippen molar-refractivity contribution in [3.63, 3.8) is 0 Å². The van der Waals surface area contributed by atoms with Crippen molar-refractivity contribution in [1.29, 1.82) is 0 Å². The smallest absolute Gasteiger partial charge is 0.343 e. The maximum atomic E-state index is 12.3. The van der Waals surface area contributed by atoms with Crippen molar-refractivity contribution >= 4 is 61.5 Å². The zero-order chi connectivity index (χ0) is 22.2. The van der Waals surface area contributed by atoms with Gasteiger partial charge in [0.2, 0.25) is 0 Å². The number of carbonyl (C=O) groups is 3. The molecule has 0 aliphatic rings. The molecule has 0 unspecified atom stereocenters. The van der Waals surface area contributed by atoms with Gasteiger partial charge in [0, 0.05) is 20.2 Å². The van der Waals surface area contributed by atoms with Crippen LogP contribution in [0.15, 0.2) is 86.8 Å². The second kappa shape index (κ2) is 10.6. The number of esters is 1. The van der Waals surface area contributed by atoms with Crippen LogP contribution >= 0.6 is 31.9 Å². The van der Waals surface area contributed by atoms with Gasteiger partial charge in [-0.3, -0.25) is 9.59 Å². The lowest BCUT2D eigenvalue weighted by atomic mass is 10.2. The molecule has 7 nitrogen and oxygen atoms in total. The lowest BCUT2D eigenvalue weighted by Crippen LogP contribution is -2.32. The number of hydrogen-bond donors (Lipinski definition) is 2. The van der Waals surface area contributed by atoms with Gasteiger partial charge in [-0.05, 0) is 54.6 Å². The fourth-order valence-electron chi connectivity index (χ4n) is 2.38. The van der Waals surface area contributed by atoms with Gasteiger partial charge in [0.15, 0.2) is 0 Å². The predicted molar refractivity (Wildman–Crippen MR) is 124 cm³/mol. The molecule has 0 radical (unpaired) electrons. The zero-order valence-electron chi connectivity index (χ0n) is 15.8. The van der Waals surface area contributed by atoms with E-state index in [1.54, 1.807) is 72.8 Å². The van der Waals surface area contributed by atoms with Gasteiger partial charge in [-0.1, -0.05) is 50.1 Å². The largest absolute Gasteiger partial charge is 0.422 e. The monoisotopic (exact) mass is 543 g/mol. The standard InChI is InChI=1S/C22H15Br2N3O4/c23-16-6-9-18(10-7-16)26-20(28)21(29)27-25-13-15-12-17(24)8-11-19(15)31-22(30)14-4-2-1-3-5-14/h1-13H,(H,26,28)(H,27,29)/b25-13+. The molecule has 2 amide bonds. The quantitative estimate of drug-likeness (QED) is 0.162. The molecular formula is C22H15Br2N3O4. The lowest BCUT2D eigenvalue weighted by Gasteiger charge is -2.08. The molecule has 0 aliphatic carbocycles. The summed E-state index contributed by atoms with van der Waals surface area (Å²) in [5, 5.41) is 6.25. The summed E-state index contributed by atoms with van der Waals surface area (Å²) >= 11 is 6.63. The van der Waals surface area contributed by atoms with E-state index >= 15 is 0 Å². The highest BCUT2D eigenvalue weighted by Gasteiger charge is 2.14. The van der Waals surface area contributed by atoms with Gasteiger partial charge in [0.25, 0.3) is 0 Å². The summed E-state index contributed by atoms with van der Waals surface area (Å²) in [6, 6.07) is 20.2. The summed E-state index contributed by atoms with van der Waals surface area (Å²) in [5.74, 6) is -2.11. The van der Waals surface area contributed by atoms with Crippen LogP contribution in [0.3, 0.4) is 0 Å². The van der Waals surface area contributed by atoms with E-state index in [4.69, 9.17) is 4.74 Å². The van der Waals surface area contributed by atoms with E-state index in [-0.39, 0.29) is 5.75 Å². The normalized spacial score (nSPS) is 10.5. The molecule has 0 fully saturated rings. The molecule has 0 aromatic heterocycles. The number of benzene rings is 3. The van der Waals surface area contributed by atoms with Gasteiger partial charge in [-0.15, -0.1) is 0 Å². The first kappa shape index (κ1) is 22.4. The Morgan fingerprint density at radius 1 is 0.839 bits per heavy atom. The van der Waals surface area contributed by atoms with Gasteiger partial charge in [0.1, 0.15) is 5.75 Å². The topological polar surface area (TPSA) is 96.9 Å². The molecule has 0 aliphatic heterocycles. The molecule has 156 valence electrons. The van der Waals surface area contributed by atoms with E-state index in [0.29, 0.717) is 21.3 Å². The number of rotatable bonds is 5. The average Bonchev–Trinajstić information content (AvgIpc) is 2.77. The Hall–Kier alpha value is -3.30. The second-order valence-corrected chi connectivity index (χ2v) is 7.93. The third-order valence-electron chi connectivity index (χ3n) is 3.86. The Morgan fingerprint density at radius 3 is 2.23 bits per heavy atom. The van der Waals surface area contributed by atoms with Crippen LogP contribution in [0.25, 0.3) is 0 Å². The van der Waals surface area contributed by atoms with Crippen LogP contribution < -0.4 is 15.5 Å². The van der Waals surface area contributed by atoms with Gasteiger partial charge >= 0.3 is 17.8 Å². The van der Waals surface area contributed by atoms with Crippen LogP contribution in [0, 0.1) is 0 Å². The molecule has 0 heterocycles. The van der Waals surface area contributed by atoms with Crippen LogP contribution in [0.5, 0.6) is 5.75 Å². The number of carbonyl (C=O) groups excluding carboxylic acids is 3. The second-order valence-electron chi connectivity index (χ2n) is 6.10. The Morgan fingerprint density at radius 2 is 1.52 bits per heavy atom. The maximum Gasteiger partial charge on any atom is 0.343 e. The molecule has 3 aromatic carbocycles. The van der Waals surface area contributed by atoms with Gasteiger partial charge in [0.05, 0.1) is 11.8 Å². The number of hydrazone groups is 1. The maximum absolute atomic E-state index is 12.3. The number of halogens is 2. The van der Waals surface area contributed by atoms with Crippen molar-refractivity contribution in [2.75, 3.05) is 5.32 Å². The summed E-state index contributed by atoms with van der Waals surface area (Å²) in [4.78, 5) is 36.3. The number of ether oxygens (including phenoxy) is 1. The van der Waals surface area contributed by atoms with Crippen LogP contribution in [-0.2, 0) is 9.59 Å². The predicted octanol–water partition coefficient (Wildman–Crippen LogP) is 4.52. The molecule has 3 rings (SSSR count). The minimum Gasteiger partial charge on any atom is -0.422 e. The van der Waals surface area contributed by atoms with Crippen molar-refractivity contribution in [3.8, 4) is 5.75 Å². The number of nitrogens with zero attached hydrogens (tertiary/aromatic N) is 1. The zero-order valence-corrected chi connectivity index (χ0v) is 19.0. The van der Waals surface area contributed by atoms with E-state index < -0.39 is 17.8 Å². The number of nitrogens with one attached hydrogen (secondary N) is 2. The summed E-state index contributed by atoms with van der Waals surface area (Å²) in [6.07, 6.45) is 1.28. The van der Waals surface area contributed by atoms with Crippen molar-refractivity contribution in [2.45, 2.75) is 0 Å². The van der Waals surface area contributed by atoms with Crippen LogP contribution in [0.1, 0.15) is 15.9 Å². The Labute approximate surface area is 194 Å². The highest BCUT2D eigenvalue weighted by Crippen LogP contribution is 2.23. The number of hydrogen-bond acceptors (Lipinski definition) is 5. The molecule has 2 N–H and O–H groups in total.